The number of nitrogens with zero attached hydrogens (tertiary/aromatic N) is 4. The van der Waals surface area contributed by atoms with Crippen LogP contribution in [-0.2, 0) is 0 Å². The van der Waals surface area contributed by atoms with Crippen molar-refractivity contribution >= 4 is 49.8 Å². The minimum Gasteiger partial charge on any atom is -0.370 e. The fourth-order valence-electron chi connectivity index (χ4n) is 5.52. The Morgan fingerprint density at radius 3 is 2.20 bits per heavy atom. The number of piperidine rings is 2. The molecule has 1 aromatic heterocycles. The van der Waals surface area contributed by atoms with Gasteiger partial charge in [0.1, 0.15) is 5.82 Å². The summed E-state index contributed by atoms with van der Waals surface area (Å²) >= 11 is 3.81. The minimum atomic E-state index is -2.60. The van der Waals surface area contributed by atoms with E-state index in [4.69, 9.17) is 4.98 Å². The molecule has 5 nitrogen and oxygen atoms in total. The molecule has 2 aliphatic heterocycles. The van der Waals surface area contributed by atoms with Crippen molar-refractivity contribution in [1.29, 1.82) is 0 Å². The Hall–Kier alpha value is -2.48. The second-order valence-corrected chi connectivity index (χ2v) is 11.3. The molecule has 0 unspecified atom stereocenters. The number of nitrogens with one attached hydrogen (secondary N) is 1. The number of anilines is 4. The van der Waals surface area contributed by atoms with E-state index >= 15 is 0 Å². The van der Waals surface area contributed by atoms with Crippen molar-refractivity contribution in [3.63, 3.8) is 0 Å². The van der Waals surface area contributed by atoms with Gasteiger partial charge in [-0.05, 0) is 49.5 Å². The van der Waals surface area contributed by atoms with Gasteiger partial charge in [0.15, 0.2) is 0 Å². The fraction of sp³-hybridized carbons (Fsp3) is 0.481. The predicted molar refractivity (Wildman–Crippen MR) is 141 cm³/mol. The van der Waals surface area contributed by atoms with Gasteiger partial charge in [0.2, 0.25) is 5.95 Å². The number of aromatic nitrogens is 2. The van der Waals surface area contributed by atoms with Crippen molar-refractivity contribution in [3.05, 3.63) is 46.6 Å². The molecule has 0 radical (unpaired) electrons. The van der Waals surface area contributed by atoms with Gasteiger partial charge < -0.3 is 15.1 Å². The number of aryl methyl sites for hydroxylation is 1. The van der Waals surface area contributed by atoms with Gasteiger partial charge in [-0.1, -0.05) is 40.2 Å². The van der Waals surface area contributed by atoms with Crippen LogP contribution in [0.3, 0.4) is 0 Å². The van der Waals surface area contributed by atoms with Crippen LogP contribution in [0.5, 0.6) is 0 Å². The van der Waals surface area contributed by atoms with Crippen LogP contribution in [-0.4, -0.2) is 42.1 Å². The van der Waals surface area contributed by atoms with Crippen molar-refractivity contribution in [2.24, 2.45) is 5.41 Å². The second kappa shape index (κ2) is 8.57. The van der Waals surface area contributed by atoms with Crippen molar-refractivity contribution in [2.45, 2.75) is 51.4 Å². The number of alkyl halides is 2. The van der Waals surface area contributed by atoms with Gasteiger partial charge in [-0.2, -0.15) is 4.98 Å². The summed E-state index contributed by atoms with van der Waals surface area (Å²) in [4.78, 5) is 13.7. The van der Waals surface area contributed by atoms with E-state index in [1.807, 2.05) is 24.0 Å². The number of hydrogen-bond acceptors (Lipinski definition) is 5. The lowest BCUT2D eigenvalue weighted by atomic mass is 9.93. The molecule has 1 aliphatic carbocycles. The summed E-state index contributed by atoms with van der Waals surface area (Å²) in [5.41, 5.74) is 3.61. The number of benzene rings is 2. The molecule has 1 spiro atoms. The van der Waals surface area contributed by atoms with Crippen molar-refractivity contribution < 1.29 is 8.78 Å². The second-order valence-electron chi connectivity index (χ2n) is 10.4. The minimum absolute atomic E-state index is 0.162. The highest BCUT2D eigenvalue weighted by Crippen LogP contribution is 2.54. The Balaban J connectivity index is 1.36. The Kier molecular flexibility index (Phi) is 5.62. The van der Waals surface area contributed by atoms with E-state index in [0.717, 1.165) is 39.7 Å². The monoisotopic (exact) mass is 541 g/mol. The van der Waals surface area contributed by atoms with Crippen LogP contribution in [0.1, 0.15) is 44.2 Å². The molecule has 35 heavy (non-hydrogen) atoms. The Morgan fingerprint density at radius 1 is 0.857 bits per heavy atom. The van der Waals surface area contributed by atoms with E-state index < -0.39 is 5.92 Å². The maximum absolute atomic E-state index is 13.7. The van der Waals surface area contributed by atoms with E-state index in [9.17, 15) is 8.78 Å². The molecule has 3 fully saturated rings. The van der Waals surface area contributed by atoms with Crippen LogP contribution in [0.15, 0.2) is 40.9 Å². The average Bonchev–Trinajstić information content (AvgIpc) is 3.60. The first-order valence-corrected chi connectivity index (χ1v) is 13.3. The summed E-state index contributed by atoms with van der Waals surface area (Å²) in [7, 11) is 0. The van der Waals surface area contributed by atoms with Crippen LogP contribution in [0.4, 0.5) is 31.9 Å². The molecule has 6 rings (SSSR count). The molecular formula is C27H30BrF2N5. The summed E-state index contributed by atoms with van der Waals surface area (Å²) < 4.78 is 28.5. The van der Waals surface area contributed by atoms with Crippen molar-refractivity contribution in [1.82, 2.24) is 9.97 Å². The normalized spacial score (nSPS) is 20.9. The predicted octanol–water partition coefficient (Wildman–Crippen LogP) is 7.06. The van der Waals surface area contributed by atoms with Gasteiger partial charge in [-0.3, -0.25) is 0 Å². The van der Waals surface area contributed by atoms with Gasteiger partial charge in [0.25, 0.3) is 5.92 Å². The average molecular weight is 542 g/mol. The molecule has 1 N–H and O–H groups in total. The van der Waals surface area contributed by atoms with Crippen molar-refractivity contribution in [3.8, 4) is 0 Å². The number of halogens is 3. The summed E-state index contributed by atoms with van der Waals surface area (Å²) in [5.74, 6) is -1.39. The van der Waals surface area contributed by atoms with Gasteiger partial charge in [0.05, 0.1) is 11.4 Å². The highest BCUT2D eigenvalue weighted by atomic mass is 79.9. The molecule has 1 saturated carbocycles. The molecule has 2 saturated heterocycles. The van der Waals surface area contributed by atoms with E-state index in [1.54, 1.807) is 0 Å². The lowest BCUT2D eigenvalue weighted by Crippen LogP contribution is -2.40. The Labute approximate surface area is 213 Å². The first kappa shape index (κ1) is 23.0. The molecule has 3 aromatic rings. The highest BCUT2D eigenvalue weighted by Gasteiger charge is 2.44. The Morgan fingerprint density at radius 2 is 1.51 bits per heavy atom. The quantitative estimate of drug-likeness (QED) is 0.383. The SMILES string of the molecule is Cc1cc(Nc2c(N3CCC4(CC3)CC4)cc(Br)c3ccccc23)nc(N2CCC(F)(F)CC2)n1. The summed E-state index contributed by atoms with van der Waals surface area (Å²) in [6.07, 6.45) is 4.91. The van der Waals surface area contributed by atoms with Crippen LogP contribution in [0.2, 0.25) is 0 Å². The number of fused-ring (bicyclic) bond motifs is 1. The largest absolute Gasteiger partial charge is 0.370 e. The molecule has 2 aromatic carbocycles. The third kappa shape index (κ3) is 4.57. The third-order valence-electron chi connectivity index (χ3n) is 7.97. The van der Waals surface area contributed by atoms with Gasteiger partial charge in [-0.25, -0.2) is 13.8 Å². The van der Waals surface area contributed by atoms with Crippen LogP contribution in [0, 0.1) is 12.3 Å². The number of rotatable bonds is 4. The zero-order chi connectivity index (χ0) is 24.2. The van der Waals surface area contributed by atoms with E-state index in [1.165, 1.54) is 31.4 Å². The lowest BCUT2D eigenvalue weighted by molar-refractivity contribution is -0.0222. The van der Waals surface area contributed by atoms with Gasteiger partial charge >= 0.3 is 0 Å². The molecule has 0 amide bonds. The molecule has 184 valence electrons. The highest BCUT2D eigenvalue weighted by molar-refractivity contribution is 9.10. The molecular weight excluding hydrogens is 512 g/mol. The van der Waals surface area contributed by atoms with Gasteiger partial charge in [-0.15, -0.1) is 0 Å². The van der Waals surface area contributed by atoms with E-state index in [2.05, 4.69) is 55.4 Å². The molecule has 0 bridgehead atoms. The first-order valence-electron chi connectivity index (χ1n) is 12.5. The van der Waals surface area contributed by atoms with Crippen LogP contribution in [0.25, 0.3) is 10.8 Å². The summed E-state index contributed by atoms with van der Waals surface area (Å²) in [5, 5.41) is 5.89. The zero-order valence-corrected chi connectivity index (χ0v) is 21.5. The fourth-order valence-corrected chi connectivity index (χ4v) is 6.08. The molecule has 0 atom stereocenters. The molecule has 3 heterocycles. The third-order valence-corrected chi connectivity index (χ3v) is 8.62. The summed E-state index contributed by atoms with van der Waals surface area (Å²) in [6.45, 7) is 4.55. The Bertz CT molecular complexity index is 1260. The van der Waals surface area contributed by atoms with Crippen molar-refractivity contribution in [2.75, 3.05) is 41.3 Å². The maximum Gasteiger partial charge on any atom is 0.251 e. The lowest BCUT2D eigenvalue weighted by Gasteiger charge is -2.35. The van der Waals surface area contributed by atoms with E-state index in [0.29, 0.717) is 17.2 Å². The smallest absolute Gasteiger partial charge is 0.251 e. The van der Waals surface area contributed by atoms with Gasteiger partial charge in [0, 0.05) is 60.6 Å². The maximum atomic E-state index is 13.7. The first-order chi connectivity index (χ1) is 16.8. The van der Waals surface area contributed by atoms with Crippen LogP contribution >= 0.6 is 15.9 Å². The molecule has 8 heteroatoms. The van der Waals surface area contributed by atoms with Crippen LogP contribution < -0.4 is 15.1 Å². The zero-order valence-electron chi connectivity index (χ0n) is 20.0. The standard InChI is InChI=1S/C27H30BrF2N5/c1-18-16-23(33-25(31-18)35-14-10-27(29,30)11-15-35)32-24-20-5-3-2-4-19(20)21(28)17-22(24)34-12-8-26(6-7-26)9-13-34/h2-5,16-17H,6-15H2,1H3,(H,31,32,33). The van der Waals surface area contributed by atoms with E-state index in [-0.39, 0.29) is 25.9 Å². The number of hydrogen-bond donors (Lipinski definition) is 1. The summed E-state index contributed by atoms with van der Waals surface area (Å²) in [6, 6.07) is 12.5. The molecule has 3 aliphatic rings. The topological polar surface area (TPSA) is 44.3 Å².